The summed E-state index contributed by atoms with van der Waals surface area (Å²) in [5.41, 5.74) is 0.472. The molecule has 1 fully saturated rings. The molecule has 2 aromatic carbocycles. The number of benzene rings is 2. The molecule has 166 valence electrons. The molecule has 1 saturated heterocycles. The Bertz CT molecular complexity index is 1670. The quantitative estimate of drug-likeness (QED) is 0.409. The Kier molecular flexibility index (Phi) is 3.78. The lowest BCUT2D eigenvalue weighted by Gasteiger charge is -2.36. The van der Waals surface area contributed by atoms with Crippen LogP contribution in [0.25, 0.3) is 21.0 Å². The zero-order valence-electron chi connectivity index (χ0n) is 26.0. The van der Waals surface area contributed by atoms with Gasteiger partial charge < -0.3 is 19.7 Å². The molecular weight excluding hydrogens is 422 g/mol. The van der Waals surface area contributed by atoms with Gasteiger partial charge in [0.05, 0.1) is 8.26 Å². The van der Waals surface area contributed by atoms with Crippen LogP contribution in [0.15, 0.2) is 64.7 Å². The molecule has 5 rings (SSSR count). The molecule has 0 radical (unpaired) electrons. The summed E-state index contributed by atoms with van der Waals surface area (Å²) in [6.45, 7) is -2.66. The van der Waals surface area contributed by atoms with E-state index in [1.165, 1.54) is 47.7 Å². The van der Waals surface area contributed by atoms with E-state index in [2.05, 4.69) is 4.98 Å². The monoisotopic (exact) mass is 458 g/mol. The number of aromatic nitrogens is 1. The predicted octanol–water partition coefficient (Wildman–Crippen LogP) is 4.04. The third kappa shape index (κ3) is 4.65. The van der Waals surface area contributed by atoms with Crippen LogP contribution in [0.4, 0.5) is 5.69 Å². The van der Waals surface area contributed by atoms with E-state index in [4.69, 9.17) is 17.1 Å². The second-order valence-corrected chi connectivity index (χ2v) is 8.18. The van der Waals surface area contributed by atoms with Crippen LogP contribution in [0.1, 0.15) is 25.1 Å². The van der Waals surface area contributed by atoms with Crippen molar-refractivity contribution in [3.05, 3.63) is 70.3 Å². The van der Waals surface area contributed by atoms with Gasteiger partial charge in [0.2, 0.25) is 5.56 Å². The van der Waals surface area contributed by atoms with Crippen molar-refractivity contribution >= 4 is 38.0 Å². The van der Waals surface area contributed by atoms with E-state index in [1.54, 1.807) is 0 Å². The van der Waals surface area contributed by atoms with E-state index in [-0.39, 0.29) is 49.5 Å². The fraction of sp³-hybridized carbons (Fsp3) is 0.320. The number of aromatic amines is 1. The highest BCUT2D eigenvalue weighted by atomic mass is 32.1. The lowest BCUT2D eigenvalue weighted by atomic mass is 10.1. The smallest absolute Gasteiger partial charge is 0.248 e. The molecule has 0 spiro atoms. The van der Waals surface area contributed by atoms with Crippen molar-refractivity contribution in [2.24, 2.45) is 0 Å². The van der Waals surface area contributed by atoms with Gasteiger partial charge in [0.25, 0.3) is 0 Å². The Morgan fingerprint density at radius 2 is 2.06 bits per heavy atom. The summed E-state index contributed by atoms with van der Waals surface area (Å²) < 4.78 is 81.7. The lowest BCUT2D eigenvalue weighted by Crippen LogP contribution is -2.46. The Labute approximate surface area is 203 Å². The standard InChI is InChI=1S/C25H27N3O3S/c29-24-9-7-18-6-8-19(17-21(18)26-24)31-25(30)5-2-11-27-12-14-28(15-13-27)22-3-1-4-23-20(22)10-16-32-23/h1,3-4,6-10,16-17,25,30H,2,5,11-15H2,(H,26,29)/i2D2,3D,4D,5D2,11D2,25D. The van der Waals surface area contributed by atoms with Gasteiger partial charge in [-0.3, -0.25) is 9.69 Å². The zero-order chi connectivity index (χ0) is 30.0. The molecule has 7 heteroatoms. The van der Waals surface area contributed by atoms with Gasteiger partial charge in [-0.1, -0.05) is 6.07 Å². The van der Waals surface area contributed by atoms with Crippen LogP contribution in [0.3, 0.4) is 0 Å². The second kappa shape index (κ2) is 9.32. The zero-order valence-corrected chi connectivity index (χ0v) is 17.8. The highest BCUT2D eigenvalue weighted by Gasteiger charge is 2.19. The second-order valence-electron chi connectivity index (χ2n) is 7.26. The molecule has 0 saturated carbocycles. The molecule has 1 unspecified atom stereocenters. The maximum atomic E-state index is 11.6. The molecule has 0 amide bonds. The molecule has 1 aliphatic heterocycles. The first kappa shape index (κ1) is 13.0. The van der Waals surface area contributed by atoms with Gasteiger partial charge in [-0.05, 0) is 60.0 Å². The normalized spacial score (nSPS) is 22.4. The molecule has 6 nitrogen and oxygen atoms in total. The molecule has 3 heterocycles. The summed E-state index contributed by atoms with van der Waals surface area (Å²) in [4.78, 5) is 17.2. The van der Waals surface area contributed by atoms with Crippen molar-refractivity contribution < 1.29 is 22.2 Å². The number of fused-ring (bicyclic) bond motifs is 2. The fourth-order valence-electron chi connectivity index (χ4n) is 3.65. The Balaban J connectivity index is 1.36. The number of thiophene rings is 1. The first-order valence-corrected chi connectivity index (χ1v) is 11.0. The van der Waals surface area contributed by atoms with E-state index in [1.807, 2.05) is 16.3 Å². The highest BCUT2D eigenvalue weighted by molar-refractivity contribution is 7.17. The molecule has 0 bridgehead atoms. The number of hydrogen-bond acceptors (Lipinski definition) is 6. The van der Waals surface area contributed by atoms with Crippen molar-refractivity contribution in [2.45, 2.75) is 19.0 Å². The van der Waals surface area contributed by atoms with Crippen molar-refractivity contribution in [2.75, 3.05) is 37.6 Å². The number of piperazine rings is 1. The van der Waals surface area contributed by atoms with Crippen LogP contribution in [-0.4, -0.2) is 53.9 Å². The van der Waals surface area contributed by atoms with E-state index in [0.717, 1.165) is 15.0 Å². The van der Waals surface area contributed by atoms with Crippen molar-refractivity contribution in [3.63, 3.8) is 0 Å². The van der Waals surface area contributed by atoms with E-state index in [0.29, 0.717) is 11.1 Å². The van der Waals surface area contributed by atoms with Gasteiger partial charge in [0, 0.05) is 68.7 Å². The molecule has 2 N–H and O–H groups in total. The van der Waals surface area contributed by atoms with Gasteiger partial charge in [-0.15, -0.1) is 11.3 Å². The van der Waals surface area contributed by atoms with E-state index in [9.17, 15) is 9.90 Å². The predicted molar refractivity (Wildman–Crippen MR) is 131 cm³/mol. The van der Waals surface area contributed by atoms with Crippen molar-refractivity contribution in [3.8, 4) is 5.75 Å². The van der Waals surface area contributed by atoms with E-state index < -0.39 is 31.1 Å². The average molecular weight is 459 g/mol. The van der Waals surface area contributed by atoms with Crippen LogP contribution in [0.2, 0.25) is 0 Å². The van der Waals surface area contributed by atoms with Crippen molar-refractivity contribution in [1.82, 2.24) is 9.88 Å². The Morgan fingerprint density at radius 3 is 2.94 bits per heavy atom. The lowest BCUT2D eigenvalue weighted by molar-refractivity contribution is -0.0256. The molecular formula is C25H27N3O3S. The minimum atomic E-state index is -3.58. The first-order chi connectivity index (χ1) is 19.1. The average Bonchev–Trinajstić information content (AvgIpc) is 3.38. The van der Waals surface area contributed by atoms with Crippen molar-refractivity contribution in [1.29, 1.82) is 0 Å². The van der Waals surface area contributed by atoms with Gasteiger partial charge in [0.15, 0.2) is 6.27 Å². The fourth-order valence-corrected chi connectivity index (χ4v) is 4.41. The van der Waals surface area contributed by atoms with Gasteiger partial charge in [-0.2, -0.15) is 0 Å². The number of nitrogens with zero attached hydrogens (tertiary/aromatic N) is 2. The number of nitrogens with one attached hydrogen (secondary N) is 1. The number of ether oxygens (including phenoxy) is 1. The highest BCUT2D eigenvalue weighted by Crippen LogP contribution is 2.31. The molecule has 1 aliphatic rings. The van der Waals surface area contributed by atoms with Crippen LogP contribution in [-0.2, 0) is 0 Å². The SMILES string of the molecule is [2H]c1cc([2H])c2sccc2c1N1CCN(C([2H])([2H])C([2H])([2H])C([2H])([2H])C([2H])(O)Oc2ccc3ccc(=O)[nH]c3c2)CC1. The number of pyridine rings is 1. The Morgan fingerprint density at radius 1 is 1.22 bits per heavy atom. The molecule has 32 heavy (non-hydrogen) atoms. The van der Waals surface area contributed by atoms with Crippen LogP contribution >= 0.6 is 11.3 Å². The number of rotatable bonds is 7. The van der Waals surface area contributed by atoms with Crippen LogP contribution in [0.5, 0.6) is 5.75 Å². The van der Waals surface area contributed by atoms with Gasteiger partial charge in [-0.25, -0.2) is 0 Å². The summed E-state index contributed by atoms with van der Waals surface area (Å²) in [7, 11) is 0. The largest absolute Gasteiger partial charge is 0.465 e. The van der Waals surface area contributed by atoms with Gasteiger partial charge >= 0.3 is 0 Å². The summed E-state index contributed by atoms with van der Waals surface area (Å²) in [5.74, 6) is -0.227. The first-order valence-electron chi connectivity index (χ1n) is 14.6. The molecule has 1 atom stereocenters. The maximum Gasteiger partial charge on any atom is 0.248 e. The number of aliphatic hydroxyl groups is 1. The van der Waals surface area contributed by atoms with Crippen LogP contribution in [0, 0.1) is 0 Å². The molecule has 4 aromatic rings. The van der Waals surface area contributed by atoms with E-state index >= 15 is 0 Å². The summed E-state index contributed by atoms with van der Waals surface area (Å²) >= 11 is 1.39. The number of hydrogen-bond donors (Lipinski definition) is 2. The van der Waals surface area contributed by atoms with Crippen LogP contribution < -0.4 is 15.2 Å². The maximum absolute atomic E-state index is 11.6. The minimum absolute atomic E-state index is 0.0361. The minimum Gasteiger partial charge on any atom is -0.465 e. The molecule has 2 aromatic heterocycles. The number of anilines is 1. The summed E-state index contributed by atoms with van der Waals surface area (Å²) in [5, 5.41) is 13.9. The third-order valence-corrected chi connectivity index (χ3v) is 6.07. The third-order valence-electron chi connectivity index (χ3n) is 5.22. The summed E-state index contributed by atoms with van der Waals surface area (Å²) in [6.07, 6.45) is -10.6. The summed E-state index contributed by atoms with van der Waals surface area (Å²) in [6, 6.07) is 10.6. The number of H-pyrrole nitrogens is 1. The molecule has 0 aliphatic carbocycles. The topological polar surface area (TPSA) is 68.8 Å². The van der Waals surface area contributed by atoms with Gasteiger partial charge in [0.1, 0.15) is 7.12 Å². The Hall–Kier alpha value is -2.87.